The van der Waals surface area contributed by atoms with Gasteiger partial charge in [0.1, 0.15) is 28.5 Å². The predicted octanol–water partition coefficient (Wildman–Crippen LogP) is 3.96. The number of hydrogen-bond acceptors (Lipinski definition) is 6. The van der Waals surface area contributed by atoms with Crippen LogP contribution in [0.2, 0.25) is 5.02 Å². The van der Waals surface area contributed by atoms with Crippen LogP contribution in [0.25, 0.3) is 0 Å². The first-order valence-corrected chi connectivity index (χ1v) is 12.1. The number of ether oxygens (including phenoxy) is 1. The molecule has 0 spiro atoms. The minimum absolute atomic E-state index is 0.111. The number of benzene rings is 2. The highest BCUT2D eigenvalue weighted by Gasteiger charge is 2.32. The molecule has 0 radical (unpaired) electrons. The normalized spacial score (nSPS) is 20.5. The molecule has 3 aliphatic rings. The Kier molecular flexibility index (Phi) is 5.52. The number of halogens is 2. The summed E-state index contributed by atoms with van der Waals surface area (Å²) in [7, 11) is -3.92. The Morgan fingerprint density at radius 3 is 2.91 bits per heavy atom. The summed E-state index contributed by atoms with van der Waals surface area (Å²) in [6.45, 7) is 1.59. The number of hydrogen-bond donors (Lipinski definition) is 1. The zero-order valence-electron chi connectivity index (χ0n) is 17.0. The molecule has 5 rings (SSSR count). The summed E-state index contributed by atoms with van der Waals surface area (Å²) in [5, 5.41) is 0.111. The number of anilines is 1. The first kappa shape index (κ1) is 21.2. The molecule has 2 aromatic rings. The largest absolute Gasteiger partial charge is 0.456 e. The highest BCUT2D eigenvalue weighted by Crippen LogP contribution is 2.38. The molecule has 32 heavy (non-hydrogen) atoms. The molecule has 1 atom stereocenters. The maximum absolute atomic E-state index is 13.5. The molecule has 2 aromatic carbocycles. The molecule has 0 aliphatic carbocycles. The van der Waals surface area contributed by atoms with E-state index in [1.54, 1.807) is 24.5 Å². The second-order valence-electron chi connectivity index (χ2n) is 7.75. The third-order valence-electron chi connectivity index (χ3n) is 5.50. The van der Waals surface area contributed by atoms with Gasteiger partial charge in [-0.05, 0) is 43.2 Å². The lowest BCUT2D eigenvalue weighted by molar-refractivity contribution is 0.343. The van der Waals surface area contributed by atoms with Crippen molar-refractivity contribution < 1.29 is 17.5 Å². The lowest BCUT2D eigenvalue weighted by Gasteiger charge is -2.29. The summed E-state index contributed by atoms with van der Waals surface area (Å²) in [6.07, 6.45) is 1.79. The third kappa shape index (κ3) is 4.05. The molecule has 1 fully saturated rings. The summed E-state index contributed by atoms with van der Waals surface area (Å²) in [4.78, 5) is 11.1. The van der Waals surface area contributed by atoms with E-state index in [0.717, 1.165) is 40.9 Å². The van der Waals surface area contributed by atoms with Crippen LogP contribution < -0.4 is 9.46 Å². The van der Waals surface area contributed by atoms with Gasteiger partial charge in [-0.3, -0.25) is 9.71 Å². The lowest BCUT2D eigenvalue weighted by atomic mass is 10.1. The zero-order valence-corrected chi connectivity index (χ0v) is 18.6. The Labute approximate surface area is 190 Å². The smallest absolute Gasteiger partial charge is 0.301 e. The fourth-order valence-corrected chi connectivity index (χ4v) is 5.43. The van der Waals surface area contributed by atoms with Crippen LogP contribution in [0, 0.1) is 0 Å². The lowest BCUT2D eigenvalue weighted by Crippen LogP contribution is -2.36. The molecular formula is C21H21ClFN5O3S. The van der Waals surface area contributed by atoms with Gasteiger partial charge >= 0.3 is 10.2 Å². The van der Waals surface area contributed by atoms with Crippen molar-refractivity contribution in [1.29, 1.82) is 0 Å². The first-order valence-electron chi connectivity index (χ1n) is 10.3. The van der Waals surface area contributed by atoms with Gasteiger partial charge < -0.3 is 9.64 Å². The van der Waals surface area contributed by atoms with Crippen molar-refractivity contribution in [3.05, 3.63) is 47.0 Å². The van der Waals surface area contributed by atoms with Gasteiger partial charge in [0.25, 0.3) is 0 Å². The molecule has 8 nitrogen and oxygen atoms in total. The van der Waals surface area contributed by atoms with Gasteiger partial charge in [-0.25, -0.2) is 9.38 Å². The number of nitrogens with zero attached hydrogens (tertiary/aromatic N) is 4. The van der Waals surface area contributed by atoms with E-state index in [1.165, 1.54) is 6.07 Å². The fourth-order valence-electron chi connectivity index (χ4n) is 3.88. The van der Waals surface area contributed by atoms with Crippen molar-refractivity contribution in [3.8, 4) is 11.5 Å². The van der Waals surface area contributed by atoms with Crippen LogP contribution in [0.4, 0.5) is 15.8 Å². The molecule has 0 aromatic heterocycles. The Morgan fingerprint density at radius 2 is 2.09 bits per heavy atom. The highest BCUT2D eigenvalue weighted by molar-refractivity contribution is 7.90. The van der Waals surface area contributed by atoms with E-state index in [4.69, 9.17) is 16.3 Å². The first-order chi connectivity index (χ1) is 15.4. The van der Waals surface area contributed by atoms with Crippen LogP contribution in [0.1, 0.15) is 18.4 Å². The summed E-state index contributed by atoms with van der Waals surface area (Å²) >= 11 is 6.45. The Hall–Kier alpha value is -2.69. The number of fused-ring (bicyclic) bond motifs is 3. The topological polar surface area (TPSA) is 86.6 Å². The minimum atomic E-state index is -3.92. The monoisotopic (exact) mass is 477 g/mol. The van der Waals surface area contributed by atoms with Crippen LogP contribution in [0.3, 0.4) is 0 Å². The van der Waals surface area contributed by atoms with Gasteiger partial charge in [0.2, 0.25) is 0 Å². The third-order valence-corrected chi connectivity index (χ3v) is 7.38. The number of aliphatic imine (C=N–C) groups is 2. The van der Waals surface area contributed by atoms with E-state index in [9.17, 15) is 12.8 Å². The van der Waals surface area contributed by atoms with E-state index in [0.29, 0.717) is 11.5 Å². The molecule has 3 aliphatic heterocycles. The molecular weight excluding hydrogens is 457 g/mol. The van der Waals surface area contributed by atoms with E-state index >= 15 is 0 Å². The average Bonchev–Trinajstić information content (AvgIpc) is 3.24. The average molecular weight is 478 g/mol. The SMILES string of the molecule is O=S(=O)(Nc1cccc(Oc2ccc3c(c2)C2=NCCCN2C=N3)c1Cl)N1CC[C@@H](F)C1. The summed E-state index contributed by atoms with van der Waals surface area (Å²) in [5.74, 6) is 1.67. The van der Waals surface area contributed by atoms with Gasteiger partial charge in [0.05, 0.1) is 17.7 Å². The van der Waals surface area contributed by atoms with E-state index < -0.39 is 16.4 Å². The standard InChI is InChI=1S/C21H21ClFN5O3S/c22-20-18(26-32(29,30)28-10-7-14(23)12-28)3-1-4-19(20)31-15-5-6-17-16(11-15)21-24-8-2-9-27(21)13-25-17/h1,3-6,11,13-14,26H,2,7-10,12H2/t14-/m1/s1. The minimum Gasteiger partial charge on any atom is -0.456 e. The number of rotatable bonds is 5. The van der Waals surface area contributed by atoms with Crippen LogP contribution in [0.15, 0.2) is 46.4 Å². The molecule has 11 heteroatoms. The zero-order chi connectivity index (χ0) is 22.3. The molecule has 168 valence electrons. The van der Waals surface area contributed by atoms with Crippen LogP contribution in [-0.2, 0) is 10.2 Å². The van der Waals surface area contributed by atoms with Crippen LogP contribution >= 0.6 is 11.6 Å². The van der Waals surface area contributed by atoms with E-state index in [1.807, 2.05) is 17.0 Å². The highest BCUT2D eigenvalue weighted by atomic mass is 35.5. The van der Waals surface area contributed by atoms with Gasteiger partial charge in [-0.15, -0.1) is 0 Å². The Bertz CT molecular complexity index is 1220. The second kappa shape index (κ2) is 8.34. The molecule has 0 amide bonds. The number of amidine groups is 1. The predicted molar refractivity (Wildman–Crippen MR) is 122 cm³/mol. The van der Waals surface area contributed by atoms with E-state index in [-0.39, 0.29) is 30.2 Å². The summed E-state index contributed by atoms with van der Waals surface area (Å²) < 4.78 is 48.1. The second-order valence-corrected chi connectivity index (χ2v) is 9.80. The van der Waals surface area contributed by atoms with Gasteiger partial charge in [-0.1, -0.05) is 17.7 Å². The van der Waals surface area contributed by atoms with Crippen molar-refractivity contribution in [1.82, 2.24) is 9.21 Å². The fraction of sp³-hybridized carbons (Fsp3) is 0.333. The maximum atomic E-state index is 13.5. The number of alkyl halides is 1. The molecule has 1 N–H and O–H groups in total. The molecule has 0 saturated carbocycles. The Balaban J connectivity index is 1.39. The van der Waals surface area contributed by atoms with Crippen molar-refractivity contribution in [2.45, 2.75) is 19.0 Å². The summed E-state index contributed by atoms with van der Waals surface area (Å²) in [5.41, 5.74) is 1.84. The van der Waals surface area contributed by atoms with Gasteiger partial charge in [-0.2, -0.15) is 12.7 Å². The van der Waals surface area contributed by atoms with Crippen molar-refractivity contribution in [3.63, 3.8) is 0 Å². The molecule has 1 saturated heterocycles. The van der Waals surface area contributed by atoms with Crippen molar-refractivity contribution >= 4 is 45.4 Å². The van der Waals surface area contributed by atoms with Gasteiger partial charge in [0, 0.05) is 31.7 Å². The van der Waals surface area contributed by atoms with Crippen LogP contribution in [-0.4, -0.2) is 62.1 Å². The number of nitrogens with one attached hydrogen (secondary N) is 1. The van der Waals surface area contributed by atoms with Gasteiger partial charge in [0.15, 0.2) is 0 Å². The molecule has 0 unspecified atom stereocenters. The molecule has 0 bridgehead atoms. The van der Waals surface area contributed by atoms with E-state index in [2.05, 4.69) is 14.7 Å². The molecule has 3 heterocycles. The van der Waals surface area contributed by atoms with Crippen molar-refractivity contribution in [2.24, 2.45) is 9.98 Å². The van der Waals surface area contributed by atoms with Crippen LogP contribution in [0.5, 0.6) is 11.5 Å². The van der Waals surface area contributed by atoms with Crippen molar-refractivity contribution in [2.75, 3.05) is 30.9 Å². The summed E-state index contributed by atoms with van der Waals surface area (Å²) in [6, 6.07) is 10.3. The maximum Gasteiger partial charge on any atom is 0.301 e. The Morgan fingerprint density at radius 1 is 1.22 bits per heavy atom. The quantitative estimate of drug-likeness (QED) is 0.706.